The zero-order valence-electron chi connectivity index (χ0n) is 8.50. The second-order valence-corrected chi connectivity index (χ2v) is 3.93. The van der Waals surface area contributed by atoms with Crippen molar-refractivity contribution in [2.24, 2.45) is 0 Å². The maximum absolute atomic E-state index is 13.1. The van der Waals surface area contributed by atoms with Gasteiger partial charge in [0.1, 0.15) is 12.1 Å². The van der Waals surface area contributed by atoms with E-state index in [1.54, 1.807) is 6.07 Å². The number of carbonyl (C=O) groups is 1. The Labute approximate surface area is 88.5 Å². The molecular weight excluding hydrogens is 193 g/mol. The van der Waals surface area contributed by atoms with Gasteiger partial charge in [-0.25, -0.2) is 4.39 Å². The van der Waals surface area contributed by atoms with Crippen molar-refractivity contribution < 1.29 is 9.18 Å². The van der Waals surface area contributed by atoms with E-state index in [0.717, 1.165) is 37.8 Å². The molecular formula is C12H14FNO. The first-order chi connectivity index (χ1) is 7.31. The molecule has 0 bridgehead atoms. The van der Waals surface area contributed by atoms with Crippen LogP contribution in [0.25, 0.3) is 0 Å². The SMILES string of the molecule is O=Cc1ccc(F)cc1C1CCCNC1. The highest BCUT2D eigenvalue weighted by Crippen LogP contribution is 2.26. The van der Waals surface area contributed by atoms with Gasteiger partial charge in [-0.2, -0.15) is 0 Å². The number of nitrogens with one attached hydrogen (secondary N) is 1. The molecule has 1 heterocycles. The van der Waals surface area contributed by atoms with Crippen LogP contribution in [-0.4, -0.2) is 19.4 Å². The quantitative estimate of drug-likeness (QED) is 0.752. The summed E-state index contributed by atoms with van der Waals surface area (Å²) in [5.74, 6) is 0.0100. The second kappa shape index (κ2) is 4.53. The molecule has 0 amide bonds. The van der Waals surface area contributed by atoms with Gasteiger partial charge in [0.05, 0.1) is 0 Å². The van der Waals surface area contributed by atoms with Crippen LogP contribution in [0.5, 0.6) is 0 Å². The normalized spacial score (nSPS) is 21.3. The molecule has 1 aliphatic rings. The minimum absolute atomic E-state index is 0.263. The summed E-state index contributed by atoms with van der Waals surface area (Å²) in [5, 5.41) is 3.27. The fourth-order valence-corrected chi connectivity index (χ4v) is 2.12. The van der Waals surface area contributed by atoms with Crippen LogP contribution in [0, 0.1) is 5.82 Å². The summed E-state index contributed by atoms with van der Waals surface area (Å²) in [5.41, 5.74) is 1.46. The topological polar surface area (TPSA) is 29.1 Å². The number of aldehydes is 1. The largest absolute Gasteiger partial charge is 0.316 e. The molecule has 80 valence electrons. The number of benzene rings is 1. The van der Waals surface area contributed by atoms with E-state index in [-0.39, 0.29) is 11.7 Å². The summed E-state index contributed by atoms with van der Waals surface area (Å²) in [6, 6.07) is 4.39. The molecule has 1 aromatic carbocycles. The van der Waals surface area contributed by atoms with E-state index in [0.29, 0.717) is 5.56 Å². The molecule has 2 rings (SSSR count). The van der Waals surface area contributed by atoms with Crippen LogP contribution < -0.4 is 5.32 Å². The Morgan fingerprint density at radius 3 is 3.00 bits per heavy atom. The molecule has 0 aliphatic carbocycles. The van der Waals surface area contributed by atoms with Crippen molar-refractivity contribution in [1.29, 1.82) is 0 Å². The third-order valence-corrected chi connectivity index (χ3v) is 2.91. The Bertz CT molecular complexity index is 359. The maximum atomic E-state index is 13.1. The fraction of sp³-hybridized carbons (Fsp3) is 0.417. The molecule has 1 atom stereocenters. The van der Waals surface area contributed by atoms with E-state index in [1.807, 2.05) is 0 Å². The van der Waals surface area contributed by atoms with Gasteiger partial charge < -0.3 is 5.32 Å². The molecule has 3 heteroatoms. The van der Waals surface area contributed by atoms with E-state index in [1.165, 1.54) is 12.1 Å². The number of piperidine rings is 1. The van der Waals surface area contributed by atoms with Crippen LogP contribution in [0.4, 0.5) is 4.39 Å². The lowest BCUT2D eigenvalue weighted by molar-refractivity contribution is 0.112. The smallest absolute Gasteiger partial charge is 0.150 e. The van der Waals surface area contributed by atoms with Crippen molar-refractivity contribution in [2.75, 3.05) is 13.1 Å². The molecule has 15 heavy (non-hydrogen) atoms. The minimum atomic E-state index is -0.263. The summed E-state index contributed by atoms with van der Waals surface area (Å²) in [7, 11) is 0. The monoisotopic (exact) mass is 207 g/mol. The maximum Gasteiger partial charge on any atom is 0.150 e. The number of carbonyl (C=O) groups excluding carboxylic acids is 1. The average Bonchev–Trinajstić information content (AvgIpc) is 2.30. The van der Waals surface area contributed by atoms with Gasteiger partial charge in [-0.05, 0) is 49.1 Å². The van der Waals surface area contributed by atoms with E-state index in [2.05, 4.69) is 5.32 Å². The first kappa shape index (κ1) is 10.3. The Hall–Kier alpha value is -1.22. The summed E-state index contributed by atoms with van der Waals surface area (Å²) in [6.07, 6.45) is 2.92. The predicted molar refractivity (Wildman–Crippen MR) is 56.6 cm³/mol. The lowest BCUT2D eigenvalue weighted by Crippen LogP contribution is -2.28. The number of rotatable bonds is 2. The molecule has 1 unspecified atom stereocenters. The Morgan fingerprint density at radius 1 is 1.47 bits per heavy atom. The third kappa shape index (κ3) is 2.23. The van der Waals surface area contributed by atoms with Crippen molar-refractivity contribution in [2.45, 2.75) is 18.8 Å². The van der Waals surface area contributed by atoms with Crippen molar-refractivity contribution in [3.05, 3.63) is 35.1 Å². The van der Waals surface area contributed by atoms with Crippen molar-refractivity contribution in [3.8, 4) is 0 Å². The van der Waals surface area contributed by atoms with Gasteiger partial charge >= 0.3 is 0 Å². The standard InChI is InChI=1S/C12H14FNO/c13-11-4-3-10(8-15)12(6-11)9-2-1-5-14-7-9/h3-4,6,8-9,14H,1-2,5,7H2. The third-order valence-electron chi connectivity index (χ3n) is 2.91. The van der Waals surface area contributed by atoms with Crippen molar-refractivity contribution in [1.82, 2.24) is 5.32 Å². The van der Waals surface area contributed by atoms with Gasteiger partial charge in [-0.1, -0.05) is 0 Å². The van der Waals surface area contributed by atoms with Crippen LogP contribution in [0.1, 0.15) is 34.7 Å². The minimum Gasteiger partial charge on any atom is -0.316 e. The molecule has 0 spiro atoms. The Kier molecular flexibility index (Phi) is 3.11. The molecule has 1 aromatic rings. The zero-order chi connectivity index (χ0) is 10.7. The Morgan fingerprint density at radius 2 is 2.33 bits per heavy atom. The summed E-state index contributed by atoms with van der Waals surface area (Å²) in [6.45, 7) is 1.85. The Balaban J connectivity index is 2.31. The van der Waals surface area contributed by atoms with Crippen LogP contribution in [-0.2, 0) is 0 Å². The number of hydrogen-bond donors (Lipinski definition) is 1. The first-order valence-corrected chi connectivity index (χ1v) is 5.26. The summed E-state index contributed by atoms with van der Waals surface area (Å²) in [4.78, 5) is 10.8. The van der Waals surface area contributed by atoms with E-state index in [9.17, 15) is 9.18 Å². The fourth-order valence-electron chi connectivity index (χ4n) is 2.12. The lowest BCUT2D eigenvalue weighted by atomic mass is 9.88. The predicted octanol–water partition coefficient (Wildman–Crippen LogP) is 2.11. The molecule has 2 nitrogen and oxygen atoms in total. The van der Waals surface area contributed by atoms with E-state index >= 15 is 0 Å². The zero-order valence-corrected chi connectivity index (χ0v) is 8.50. The molecule has 1 N–H and O–H groups in total. The highest BCUT2D eigenvalue weighted by Gasteiger charge is 2.18. The molecule has 1 aliphatic heterocycles. The van der Waals surface area contributed by atoms with Gasteiger partial charge in [0.25, 0.3) is 0 Å². The number of halogens is 1. The second-order valence-electron chi connectivity index (χ2n) is 3.93. The van der Waals surface area contributed by atoms with Gasteiger partial charge in [0.2, 0.25) is 0 Å². The summed E-state index contributed by atoms with van der Waals surface area (Å²) < 4.78 is 13.1. The highest BCUT2D eigenvalue weighted by molar-refractivity contribution is 5.77. The van der Waals surface area contributed by atoms with Gasteiger partial charge in [-0.15, -0.1) is 0 Å². The molecule has 0 aromatic heterocycles. The summed E-state index contributed by atoms with van der Waals surface area (Å²) >= 11 is 0. The van der Waals surface area contributed by atoms with Crippen LogP contribution >= 0.6 is 0 Å². The molecule has 1 fully saturated rings. The highest BCUT2D eigenvalue weighted by atomic mass is 19.1. The lowest BCUT2D eigenvalue weighted by Gasteiger charge is -2.24. The average molecular weight is 207 g/mol. The molecule has 1 saturated heterocycles. The number of hydrogen-bond acceptors (Lipinski definition) is 2. The van der Waals surface area contributed by atoms with Gasteiger partial charge in [0.15, 0.2) is 0 Å². The van der Waals surface area contributed by atoms with E-state index < -0.39 is 0 Å². The van der Waals surface area contributed by atoms with Crippen LogP contribution in [0.2, 0.25) is 0 Å². The molecule has 0 radical (unpaired) electrons. The van der Waals surface area contributed by atoms with Gasteiger partial charge in [0, 0.05) is 12.1 Å². The molecule has 0 saturated carbocycles. The van der Waals surface area contributed by atoms with Crippen molar-refractivity contribution in [3.63, 3.8) is 0 Å². The van der Waals surface area contributed by atoms with Crippen molar-refractivity contribution >= 4 is 6.29 Å². The van der Waals surface area contributed by atoms with Crippen LogP contribution in [0.15, 0.2) is 18.2 Å². The van der Waals surface area contributed by atoms with E-state index in [4.69, 9.17) is 0 Å². The van der Waals surface area contributed by atoms with Gasteiger partial charge in [-0.3, -0.25) is 4.79 Å². The first-order valence-electron chi connectivity index (χ1n) is 5.26. The van der Waals surface area contributed by atoms with Crippen LogP contribution in [0.3, 0.4) is 0 Å².